The van der Waals surface area contributed by atoms with Crippen molar-refractivity contribution in [3.63, 3.8) is 0 Å². The summed E-state index contributed by atoms with van der Waals surface area (Å²) in [6.07, 6.45) is 5.16. The smallest absolute Gasteiger partial charge is 0.263 e. The second kappa shape index (κ2) is 7.37. The van der Waals surface area contributed by atoms with Crippen LogP contribution in [0.2, 0.25) is 0 Å². The van der Waals surface area contributed by atoms with E-state index in [0.29, 0.717) is 30.4 Å². The lowest BCUT2D eigenvalue weighted by Crippen LogP contribution is -2.50. The first-order chi connectivity index (χ1) is 15.5. The van der Waals surface area contributed by atoms with Crippen LogP contribution >= 0.6 is 0 Å². The highest BCUT2D eigenvalue weighted by atomic mass is 32.2. The van der Waals surface area contributed by atoms with Gasteiger partial charge in [0.05, 0.1) is 42.0 Å². The molecule has 5 rings (SSSR count). The maximum absolute atomic E-state index is 13.7. The summed E-state index contributed by atoms with van der Waals surface area (Å²) < 4.78 is 35.8. The van der Waals surface area contributed by atoms with Crippen LogP contribution in [0.15, 0.2) is 40.5 Å². The molecule has 1 aromatic heterocycles. The van der Waals surface area contributed by atoms with E-state index in [0.717, 1.165) is 18.4 Å². The fourth-order valence-corrected chi connectivity index (χ4v) is 5.90. The van der Waals surface area contributed by atoms with Crippen LogP contribution in [-0.4, -0.2) is 66.3 Å². The van der Waals surface area contributed by atoms with Crippen LogP contribution in [0.1, 0.15) is 42.6 Å². The SMILES string of the molecule is COCC1(C)CN2C(=N1)N(Cc1cnn(C)c1)C(=O)c1cc(S(=O)(=O)NC3(C)CC3)ccc12. The molecule has 0 spiro atoms. The standard InChI is InChI=1S/C22H28N6O4S/c1-21(7-8-21)25-33(30,31)16-5-6-18-17(9-16)19(29)27(12-15-10-23-26(3)11-15)20-24-22(2,14-32-4)13-28(18)20/h5-6,9-11,25H,7-8,12-14H2,1-4H3. The van der Waals surface area contributed by atoms with Gasteiger partial charge in [-0.15, -0.1) is 0 Å². The summed E-state index contributed by atoms with van der Waals surface area (Å²) in [4.78, 5) is 22.2. The minimum atomic E-state index is -3.74. The van der Waals surface area contributed by atoms with Crippen molar-refractivity contribution in [3.8, 4) is 0 Å². The third-order valence-electron chi connectivity index (χ3n) is 6.33. The molecule has 1 N–H and O–H groups in total. The Morgan fingerprint density at radius 3 is 2.64 bits per heavy atom. The molecule has 1 aliphatic carbocycles. The highest BCUT2D eigenvalue weighted by Crippen LogP contribution is 2.39. The van der Waals surface area contributed by atoms with Crippen molar-refractivity contribution in [2.45, 2.75) is 49.2 Å². The van der Waals surface area contributed by atoms with Crippen molar-refractivity contribution in [1.29, 1.82) is 0 Å². The van der Waals surface area contributed by atoms with Crippen molar-refractivity contribution >= 4 is 27.6 Å². The lowest BCUT2D eigenvalue weighted by Gasteiger charge is -2.36. The Kier molecular flexibility index (Phi) is 4.93. The fourth-order valence-electron chi connectivity index (χ4n) is 4.41. The Hall–Kier alpha value is -2.76. The Morgan fingerprint density at radius 2 is 2.00 bits per heavy atom. The zero-order valence-corrected chi connectivity index (χ0v) is 20.0. The molecule has 1 saturated carbocycles. The monoisotopic (exact) mass is 472 g/mol. The minimum Gasteiger partial charge on any atom is -0.382 e. The molecule has 1 fully saturated rings. The number of hydrogen-bond donors (Lipinski definition) is 1. The molecule has 3 heterocycles. The molecular weight excluding hydrogens is 444 g/mol. The number of carbonyl (C=O) groups excluding carboxylic acids is 1. The van der Waals surface area contributed by atoms with Crippen LogP contribution in [0.3, 0.4) is 0 Å². The van der Waals surface area contributed by atoms with Gasteiger partial charge in [0, 0.05) is 31.5 Å². The molecule has 0 bridgehead atoms. The van der Waals surface area contributed by atoms with Gasteiger partial charge in [0.25, 0.3) is 5.91 Å². The zero-order chi connectivity index (χ0) is 23.6. The summed E-state index contributed by atoms with van der Waals surface area (Å²) in [5.74, 6) is 0.246. The molecule has 1 amide bonds. The van der Waals surface area contributed by atoms with E-state index in [1.54, 1.807) is 35.0 Å². The summed E-state index contributed by atoms with van der Waals surface area (Å²) in [6, 6.07) is 4.73. The van der Waals surface area contributed by atoms with Crippen molar-refractivity contribution in [2.75, 3.05) is 25.2 Å². The molecule has 3 aliphatic rings. The maximum Gasteiger partial charge on any atom is 0.263 e. The molecule has 176 valence electrons. The van der Waals surface area contributed by atoms with Gasteiger partial charge in [0.2, 0.25) is 16.0 Å². The van der Waals surface area contributed by atoms with Crippen molar-refractivity contribution in [2.24, 2.45) is 12.0 Å². The Bertz CT molecular complexity index is 1270. The van der Waals surface area contributed by atoms with E-state index < -0.39 is 21.1 Å². The second-order valence-corrected chi connectivity index (χ2v) is 11.4. The van der Waals surface area contributed by atoms with Crippen molar-refractivity contribution in [3.05, 3.63) is 41.7 Å². The number of rotatable bonds is 7. The van der Waals surface area contributed by atoms with Gasteiger partial charge in [0.1, 0.15) is 5.54 Å². The van der Waals surface area contributed by atoms with Crippen LogP contribution in [0.25, 0.3) is 0 Å². The number of sulfonamides is 1. The summed E-state index contributed by atoms with van der Waals surface area (Å²) in [7, 11) is -0.301. The Balaban J connectivity index is 1.57. The van der Waals surface area contributed by atoms with Crippen LogP contribution in [0.4, 0.5) is 5.69 Å². The quantitative estimate of drug-likeness (QED) is 0.654. The molecule has 11 heteroatoms. The van der Waals surface area contributed by atoms with Crippen LogP contribution < -0.4 is 9.62 Å². The van der Waals surface area contributed by atoms with Gasteiger partial charge in [-0.25, -0.2) is 18.1 Å². The normalized spacial score (nSPS) is 23.4. The number of aryl methyl sites for hydroxylation is 1. The van der Waals surface area contributed by atoms with E-state index in [1.165, 1.54) is 6.07 Å². The zero-order valence-electron chi connectivity index (χ0n) is 19.2. The largest absolute Gasteiger partial charge is 0.382 e. The van der Waals surface area contributed by atoms with E-state index in [-0.39, 0.29) is 17.3 Å². The number of benzene rings is 1. The van der Waals surface area contributed by atoms with Gasteiger partial charge in [-0.2, -0.15) is 5.10 Å². The number of nitrogens with zero attached hydrogens (tertiary/aromatic N) is 5. The maximum atomic E-state index is 13.7. The molecule has 10 nitrogen and oxygen atoms in total. The molecule has 2 aromatic rings. The summed E-state index contributed by atoms with van der Waals surface area (Å²) in [5, 5.41) is 4.20. The Morgan fingerprint density at radius 1 is 1.24 bits per heavy atom. The number of aliphatic imine (C=N–C) groups is 1. The topological polar surface area (TPSA) is 109 Å². The lowest BCUT2D eigenvalue weighted by molar-refractivity contribution is 0.0833. The number of ether oxygens (including phenoxy) is 1. The number of aromatic nitrogens is 2. The number of guanidine groups is 1. The second-order valence-electron chi connectivity index (χ2n) is 9.69. The highest BCUT2D eigenvalue weighted by Gasteiger charge is 2.46. The molecule has 2 aliphatic heterocycles. The molecule has 1 atom stereocenters. The van der Waals surface area contributed by atoms with Gasteiger partial charge < -0.3 is 9.64 Å². The lowest BCUT2D eigenvalue weighted by atomic mass is 10.0. The number of amides is 1. The number of carbonyl (C=O) groups is 1. The molecule has 1 aromatic carbocycles. The predicted octanol–water partition coefficient (Wildman–Crippen LogP) is 1.49. The van der Waals surface area contributed by atoms with Crippen molar-refractivity contribution in [1.82, 2.24) is 19.4 Å². The fraction of sp³-hybridized carbons (Fsp3) is 0.500. The van der Waals surface area contributed by atoms with E-state index >= 15 is 0 Å². The third kappa shape index (κ3) is 3.94. The first-order valence-electron chi connectivity index (χ1n) is 10.9. The third-order valence-corrected chi connectivity index (χ3v) is 7.97. The molecule has 33 heavy (non-hydrogen) atoms. The van der Waals surface area contributed by atoms with Crippen molar-refractivity contribution < 1.29 is 17.9 Å². The number of fused-ring (bicyclic) bond motifs is 3. The first kappa shape index (κ1) is 22.1. The average Bonchev–Trinajstić information content (AvgIpc) is 3.14. The van der Waals surface area contributed by atoms with E-state index in [2.05, 4.69) is 9.82 Å². The minimum absolute atomic E-state index is 0.0864. The first-order valence-corrected chi connectivity index (χ1v) is 12.3. The number of methoxy groups -OCH3 is 1. The summed E-state index contributed by atoms with van der Waals surface area (Å²) in [5.41, 5.74) is 0.902. The molecular formula is C22H28N6O4S. The number of nitrogens with one attached hydrogen (secondary N) is 1. The van der Waals surface area contributed by atoms with Gasteiger partial charge >= 0.3 is 0 Å². The average molecular weight is 473 g/mol. The predicted molar refractivity (Wildman–Crippen MR) is 123 cm³/mol. The summed E-state index contributed by atoms with van der Waals surface area (Å²) >= 11 is 0. The van der Waals surface area contributed by atoms with Crippen LogP contribution in [-0.2, 0) is 28.4 Å². The summed E-state index contributed by atoms with van der Waals surface area (Å²) in [6.45, 7) is 5.05. The van der Waals surface area contributed by atoms with Gasteiger partial charge in [-0.05, 0) is 44.9 Å². The van der Waals surface area contributed by atoms with Crippen LogP contribution in [0, 0.1) is 0 Å². The highest BCUT2D eigenvalue weighted by molar-refractivity contribution is 7.89. The van der Waals surface area contributed by atoms with E-state index in [1.807, 2.05) is 32.0 Å². The molecule has 0 radical (unpaired) electrons. The number of anilines is 1. The van der Waals surface area contributed by atoms with Gasteiger partial charge in [-0.3, -0.25) is 14.4 Å². The van der Waals surface area contributed by atoms with Gasteiger partial charge in [-0.1, -0.05) is 0 Å². The van der Waals surface area contributed by atoms with Gasteiger partial charge in [0.15, 0.2) is 0 Å². The van der Waals surface area contributed by atoms with E-state index in [4.69, 9.17) is 9.73 Å². The van der Waals surface area contributed by atoms with E-state index in [9.17, 15) is 13.2 Å². The molecule has 1 unspecified atom stereocenters. The number of hydrogen-bond acceptors (Lipinski definition) is 7. The van der Waals surface area contributed by atoms with Crippen LogP contribution in [0.5, 0.6) is 0 Å². The Labute approximate surface area is 193 Å². The molecule has 0 saturated heterocycles.